The van der Waals surface area contributed by atoms with Crippen molar-refractivity contribution in [2.45, 2.75) is 17.5 Å². The van der Waals surface area contributed by atoms with E-state index in [1.807, 2.05) is 0 Å². The third-order valence-electron chi connectivity index (χ3n) is 2.35. The van der Waals surface area contributed by atoms with Crippen molar-refractivity contribution in [2.24, 2.45) is 0 Å². The molecular weight excluding hydrogens is 288 g/mol. The molecular formula is C10H12F4N2O2S. The monoisotopic (exact) mass is 300 g/mol. The molecule has 0 atom stereocenters. The zero-order chi connectivity index (χ0) is 14.8. The number of hydrogen-bond acceptors (Lipinski definition) is 3. The van der Waals surface area contributed by atoms with Crippen molar-refractivity contribution >= 4 is 15.7 Å². The SMILES string of the molecule is CN(CCC(F)(F)F)S(=O)(=O)c1cc(N)ccc1F. The summed E-state index contributed by atoms with van der Waals surface area (Å²) in [6.07, 6.45) is -5.80. The third-order valence-corrected chi connectivity index (χ3v) is 4.23. The van der Waals surface area contributed by atoms with Crippen molar-refractivity contribution in [3.05, 3.63) is 24.0 Å². The first kappa shape index (κ1) is 15.7. The average molecular weight is 300 g/mol. The number of alkyl halides is 3. The Morgan fingerprint density at radius 2 is 1.89 bits per heavy atom. The van der Waals surface area contributed by atoms with Crippen molar-refractivity contribution in [3.8, 4) is 0 Å². The van der Waals surface area contributed by atoms with E-state index in [1.54, 1.807) is 0 Å². The molecule has 0 aromatic heterocycles. The summed E-state index contributed by atoms with van der Waals surface area (Å²) in [4.78, 5) is -0.739. The normalized spacial score (nSPS) is 12.9. The molecule has 0 aliphatic carbocycles. The third kappa shape index (κ3) is 4.06. The predicted molar refractivity (Wildman–Crippen MR) is 61.3 cm³/mol. The second-order valence-corrected chi connectivity index (χ2v) is 5.89. The van der Waals surface area contributed by atoms with Gasteiger partial charge in [0.15, 0.2) is 0 Å². The highest BCUT2D eigenvalue weighted by Gasteiger charge is 2.31. The molecule has 0 saturated heterocycles. The minimum Gasteiger partial charge on any atom is -0.399 e. The highest BCUT2D eigenvalue weighted by Crippen LogP contribution is 2.24. The molecule has 0 amide bonds. The molecule has 0 radical (unpaired) electrons. The van der Waals surface area contributed by atoms with E-state index in [1.165, 1.54) is 0 Å². The van der Waals surface area contributed by atoms with Crippen molar-refractivity contribution < 1.29 is 26.0 Å². The van der Waals surface area contributed by atoms with Crippen LogP contribution in [0.25, 0.3) is 0 Å². The van der Waals surface area contributed by atoms with E-state index in [9.17, 15) is 26.0 Å². The summed E-state index contributed by atoms with van der Waals surface area (Å²) in [5.74, 6) is -1.06. The summed E-state index contributed by atoms with van der Waals surface area (Å²) in [7, 11) is -3.39. The summed E-state index contributed by atoms with van der Waals surface area (Å²) >= 11 is 0. The van der Waals surface area contributed by atoms with Crippen LogP contribution in [0.2, 0.25) is 0 Å². The van der Waals surface area contributed by atoms with Crippen LogP contribution < -0.4 is 5.73 Å². The van der Waals surface area contributed by atoms with Crippen LogP contribution >= 0.6 is 0 Å². The molecule has 0 aliphatic rings. The number of sulfonamides is 1. The van der Waals surface area contributed by atoms with Crippen molar-refractivity contribution in [2.75, 3.05) is 19.3 Å². The first-order chi connectivity index (χ1) is 8.54. The molecule has 1 aromatic carbocycles. The number of nitrogens with two attached hydrogens (primary N) is 1. The Morgan fingerprint density at radius 1 is 1.32 bits per heavy atom. The average Bonchev–Trinajstić information content (AvgIpc) is 2.28. The van der Waals surface area contributed by atoms with Crippen molar-refractivity contribution in [3.63, 3.8) is 0 Å². The fourth-order valence-electron chi connectivity index (χ4n) is 1.29. The van der Waals surface area contributed by atoms with Gasteiger partial charge in [0.1, 0.15) is 10.7 Å². The second kappa shape index (κ2) is 5.33. The highest BCUT2D eigenvalue weighted by molar-refractivity contribution is 7.89. The molecule has 1 rings (SSSR count). The number of nitrogens with zero attached hydrogens (tertiary/aromatic N) is 1. The Morgan fingerprint density at radius 3 is 2.42 bits per heavy atom. The maximum Gasteiger partial charge on any atom is 0.390 e. The van der Waals surface area contributed by atoms with Crippen LogP contribution in [0, 0.1) is 5.82 Å². The minimum atomic E-state index is -4.49. The number of hydrogen-bond donors (Lipinski definition) is 1. The van der Waals surface area contributed by atoms with E-state index in [0.29, 0.717) is 4.31 Å². The summed E-state index contributed by atoms with van der Waals surface area (Å²) in [5.41, 5.74) is 5.34. The summed E-state index contributed by atoms with van der Waals surface area (Å²) in [6.45, 7) is -0.792. The topological polar surface area (TPSA) is 63.4 Å². The van der Waals surface area contributed by atoms with Gasteiger partial charge in [-0.2, -0.15) is 13.2 Å². The van der Waals surface area contributed by atoms with Gasteiger partial charge in [0.2, 0.25) is 10.0 Å². The molecule has 4 nitrogen and oxygen atoms in total. The number of benzene rings is 1. The standard InChI is InChI=1S/C10H12F4N2O2S/c1-16(5-4-10(12,13)14)19(17,18)9-6-7(15)2-3-8(9)11/h2-3,6H,4-5,15H2,1H3. The number of rotatable bonds is 4. The summed E-state index contributed by atoms with van der Waals surface area (Å²) in [6, 6.07) is 2.87. The van der Waals surface area contributed by atoms with Crippen molar-refractivity contribution in [1.82, 2.24) is 4.31 Å². The Hall–Kier alpha value is -1.35. The molecule has 108 valence electrons. The van der Waals surface area contributed by atoms with Crippen LogP contribution in [0.5, 0.6) is 0 Å². The molecule has 1 aromatic rings. The lowest BCUT2D eigenvalue weighted by molar-refractivity contribution is -0.135. The van der Waals surface area contributed by atoms with Crippen LogP contribution in [0.1, 0.15) is 6.42 Å². The zero-order valence-electron chi connectivity index (χ0n) is 9.91. The maximum absolute atomic E-state index is 13.4. The van der Waals surface area contributed by atoms with Crippen LogP contribution in [-0.2, 0) is 10.0 Å². The molecule has 0 spiro atoms. The van der Waals surface area contributed by atoms with E-state index in [4.69, 9.17) is 5.73 Å². The number of anilines is 1. The second-order valence-electron chi connectivity index (χ2n) is 3.88. The molecule has 9 heteroatoms. The predicted octanol–water partition coefficient (Wildman–Crippen LogP) is 1.98. The van der Waals surface area contributed by atoms with E-state index in [0.717, 1.165) is 25.2 Å². The van der Waals surface area contributed by atoms with Gasteiger partial charge < -0.3 is 5.73 Å². The van der Waals surface area contributed by atoms with E-state index in [-0.39, 0.29) is 5.69 Å². The van der Waals surface area contributed by atoms with Gasteiger partial charge in [0.25, 0.3) is 0 Å². The van der Waals surface area contributed by atoms with Gasteiger partial charge in [0.05, 0.1) is 6.42 Å². The summed E-state index contributed by atoms with van der Waals surface area (Å²) < 4.78 is 73.7. The fourth-order valence-corrected chi connectivity index (χ4v) is 2.56. The van der Waals surface area contributed by atoms with Crippen LogP contribution in [0.4, 0.5) is 23.2 Å². The Bertz CT molecular complexity index is 557. The van der Waals surface area contributed by atoms with Crippen molar-refractivity contribution in [1.29, 1.82) is 0 Å². The van der Waals surface area contributed by atoms with Crippen LogP contribution in [-0.4, -0.2) is 32.5 Å². The van der Waals surface area contributed by atoms with E-state index >= 15 is 0 Å². The van der Waals surface area contributed by atoms with Gasteiger partial charge in [-0.3, -0.25) is 0 Å². The van der Waals surface area contributed by atoms with Gasteiger partial charge in [-0.15, -0.1) is 0 Å². The van der Waals surface area contributed by atoms with Gasteiger partial charge in [-0.1, -0.05) is 0 Å². The quantitative estimate of drug-likeness (QED) is 0.683. The minimum absolute atomic E-state index is 0.00389. The smallest absolute Gasteiger partial charge is 0.390 e. The van der Waals surface area contributed by atoms with Gasteiger partial charge in [0, 0.05) is 19.3 Å². The summed E-state index contributed by atoms with van der Waals surface area (Å²) in [5, 5.41) is 0. The molecule has 0 bridgehead atoms. The van der Waals surface area contributed by atoms with E-state index < -0.39 is 39.9 Å². The number of halogens is 4. The lowest BCUT2D eigenvalue weighted by Crippen LogP contribution is -2.31. The lowest BCUT2D eigenvalue weighted by Gasteiger charge is -2.18. The molecule has 0 fully saturated rings. The molecule has 0 aliphatic heterocycles. The fraction of sp³-hybridized carbons (Fsp3) is 0.400. The molecule has 0 unspecified atom stereocenters. The number of nitrogen functional groups attached to an aromatic ring is 1. The first-order valence-electron chi connectivity index (χ1n) is 5.12. The first-order valence-corrected chi connectivity index (χ1v) is 6.56. The maximum atomic E-state index is 13.4. The Labute approximate surface area is 107 Å². The highest BCUT2D eigenvalue weighted by atomic mass is 32.2. The van der Waals surface area contributed by atoms with E-state index in [2.05, 4.69) is 0 Å². The van der Waals surface area contributed by atoms with Gasteiger partial charge >= 0.3 is 6.18 Å². The Balaban J connectivity index is 3.00. The Kier molecular flexibility index (Phi) is 4.41. The molecule has 0 saturated carbocycles. The zero-order valence-corrected chi connectivity index (χ0v) is 10.7. The molecule has 0 heterocycles. The van der Waals surface area contributed by atoms with Crippen LogP contribution in [0.15, 0.2) is 23.1 Å². The van der Waals surface area contributed by atoms with Gasteiger partial charge in [-0.05, 0) is 18.2 Å². The largest absolute Gasteiger partial charge is 0.399 e. The molecule has 2 N–H and O–H groups in total. The molecule has 19 heavy (non-hydrogen) atoms. The lowest BCUT2D eigenvalue weighted by atomic mass is 10.3. The van der Waals surface area contributed by atoms with Crippen LogP contribution in [0.3, 0.4) is 0 Å². The van der Waals surface area contributed by atoms with Gasteiger partial charge in [-0.25, -0.2) is 17.1 Å².